The zero-order chi connectivity index (χ0) is 11.6. The zero-order valence-corrected chi connectivity index (χ0v) is 10.9. The van der Waals surface area contributed by atoms with Gasteiger partial charge in [0.05, 0.1) is 10.2 Å². The van der Waals surface area contributed by atoms with E-state index in [4.69, 9.17) is 0 Å². The van der Waals surface area contributed by atoms with Gasteiger partial charge in [-0.1, -0.05) is 28.1 Å². The lowest BCUT2D eigenvalue weighted by molar-refractivity contribution is 0.102. The summed E-state index contributed by atoms with van der Waals surface area (Å²) in [7, 11) is -3.27. The Morgan fingerprint density at radius 1 is 1.40 bits per heavy atom. The standard InChI is InChI=1S/C10H11BrO3S/c1-7-3-4-8(9(12)6-11)5-10(7)15(2,13)14/h3-5H,6H2,1-2H3. The normalized spacial score (nSPS) is 11.4. The molecular formula is C10H11BrO3S. The third-order valence-corrected chi connectivity index (χ3v) is 3.78. The fourth-order valence-electron chi connectivity index (χ4n) is 1.25. The molecule has 15 heavy (non-hydrogen) atoms. The van der Waals surface area contributed by atoms with E-state index in [0.717, 1.165) is 6.26 Å². The molecule has 0 bridgehead atoms. The topological polar surface area (TPSA) is 51.2 Å². The van der Waals surface area contributed by atoms with Crippen LogP contribution in [-0.2, 0) is 9.84 Å². The summed E-state index contributed by atoms with van der Waals surface area (Å²) in [4.78, 5) is 11.6. The van der Waals surface area contributed by atoms with Crippen molar-refractivity contribution < 1.29 is 13.2 Å². The van der Waals surface area contributed by atoms with E-state index >= 15 is 0 Å². The number of aryl methyl sites for hydroxylation is 1. The maximum Gasteiger partial charge on any atom is 0.175 e. The molecule has 0 unspecified atom stereocenters. The van der Waals surface area contributed by atoms with Gasteiger partial charge in [0, 0.05) is 11.8 Å². The van der Waals surface area contributed by atoms with Crippen LogP contribution < -0.4 is 0 Å². The third kappa shape index (κ3) is 2.89. The fourth-order valence-corrected chi connectivity index (χ4v) is 2.57. The molecule has 0 atom stereocenters. The lowest BCUT2D eigenvalue weighted by Crippen LogP contribution is -2.05. The van der Waals surface area contributed by atoms with Crippen LogP contribution in [0.2, 0.25) is 0 Å². The summed E-state index contributed by atoms with van der Waals surface area (Å²) < 4.78 is 22.8. The minimum absolute atomic E-state index is 0.125. The summed E-state index contributed by atoms with van der Waals surface area (Å²) in [5.74, 6) is -0.125. The van der Waals surface area contributed by atoms with Gasteiger partial charge in [-0.15, -0.1) is 0 Å². The average Bonchev–Trinajstić information content (AvgIpc) is 2.15. The number of ketones is 1. The second kappa shape index (κ2) is 4.45. The summed E-state index contributed by atoms with van der Waals surface area (Å²) in [5.41, 5.74) is 1.07. The van der Waals surface area contributed by atoms with Gasteiger partial charge in [-0.3, -0.25) is 4.79 Å². The Kier molecular flexibility index (Phi) is 3.67. The van der Waals surface area contributed by atoms with Crippen LogP contribution in [0.5, 0.6) is 0 Å². The van der Waals surface area contributed by atoms with Crippen LogP contribution in [0.1, 0.15) is 15.9 Å². The Labute approximate surface area is 97.5 Å². The van der Waals surface area contributed by atoms with Crippen molar-refractivity contribution >= 4 is 31.6 Å². The first-order valence-corrected chi connectivity index (χ1v) is 7.27. The SMILES string of the molecule is Cc1ccc(C(=O)CBr)cc1S(C)(=O)=O. The summed E-state index contributed by atoms with van der Waals surface area (Å²) in [5, 5.41) is 0.194. The van der Waals surface area contributed by atoms with E-state index in [1.54, 1.807) is 19.1 Å². The molecule has 0 N–H and O–H groups in total. The van der Waals surface area contributed by atoms with Crippen LogP contribution in [0, 0.1) is 6.92 Å². The van der Waals surface area contributed by atoms with Crippen molar-refractivity contribution in [3.05, 3.63) is 29.3 Å². The van der Waals surface area contributed by atoms with Crippen molar-refractivity contribution in [2.75, 3.05) is 11.6 Å². The lowest BCUT2D eigenvalue weighted by Gasteiger charge is -2.05. The molecule has 0 aliphatic rings. The first-order valence-electron chi connectivity index (χ1n) is 4.26. The zero-order valence-electron chi connectivity index (χ0n) is 8.45. The average molecular weight is 291 g/mol. The largest absolute Gasteiger partial charge is 0.293 e. The highest BCUT2D eigenvalue weighted by atomic mass is 79.9. The maximum atomic E-state index is 11.4. The first-order chi connectivity index (χ1) is 6.86. The highest BCUT2D eigenvalue weighted by molar-refractivity contribution is 9.09. The van der Waals surface area contributed by atoms with Crippen LogP contribution in [0.3, 0.4) is 0 Å². The molecule has 0 radical (unpaired) electrons. The molecule has 5 heteroatoms. The smallest absolute Gasteiger partial charge is 0.175 e. The molecule has 0 saturated carbocycles. The van der Waals surface area contributed by atoms with Crippen LogP contribution in [0.15, 0.2) is 23.1 Å². The van der Waals surface area contributed by atoms with Gasteiger partial charge in [-0.25, -0.2) is 8.42 Å². The molecule has 0 amide bonds. The highest BCUT2D eigenvalue weighted by Gasteiger charge is 2.13. The Hall–Kier alpha value is -0.680. The van der Waals surface area contributed by atoms with Crippen LogP contribution >= 0.6 is 15.9 Å². The van der Waals surface area contributed by atoms with E-state index in [0.29, 0.717) is 11.1 Å². The number of rotatable bonds is 3. The van der Waals surface area contributed by atoms with Crippen molar-refractivity contribution in [2.24, 2.45) is 0 Å². The molecule has 0 aliphatic carbocycles. The monoisotopic (exact) mass is 290 g/mol. The van der Waals surface area contributed by atoms with Gasteiger partial charge >= 0.3 is 0 Å². The predicted molar refractivity (Wildman–Crippen MR) is 62.4 cm³/mol. The van der Waals surface area contributed by atoms with Crippen LogP contribution in [0.25, 0.3) is 0 Å². The van der Waals surface area contributed by atoms with Gasteiger partial charge in [0.15, 0.2) is 15.6 Å². The van der Waals surface area contributed by atoms with Crippen LogP contribution in [0.4, 0.5) is 0 Å². The number of carbonyl (C=O) groups is 1. The van der Waals surface area contributed by atoms with E-state index < -0.39 is 9.84 Å². The van der Waals surface area contributed by atoms with Crippen molar-refractivity contribution in [3.63, 3.8) is 0 Å². The maximum absolute atomic E-state index is 11.4. The van der Waals surface area contributed by atoms with Gasteiger partial charge < -0.3 is 0 Å². The summed E-state index contributed by atoms with van der Waals surface area (Å²) in [6.45, 7) is 1.71. The molecule has 82 valence electrons. The molecule has 3 nitrogen and oxygen atoms in total. The van der Waals surface area contributed by atoms with E-state index in [-0.39, 0.29) is 16.0 Å². The number of carbonyl (C=O) groups excluding carboxylic acids is 1. The number of sulfone groups is 1. The summed E-state index contributed by atoms with van der Waals surface area (Å²) in [6, 6.07) is 4.70. The molecular weight excluding hydrogens is 280 g/mol. The second-order valence-electron chi connectivity index (χ2n) is 3.31. The second-order valence-corrected chi connectivity index (χ2v) is 5.85. The quantitative estimate of drug-likeness (QED) is 0.632. The fraction of sp³-hybridized carbons (Fsp3) is 0.300. The lowest BCUT2D eigenvalue weighted by atomic mass is 10.1. The Balaban J connectivity index is 3.36. The molecule has 0 heterocycles. The number of alkyl halides is 1. The minimum Gasteiger partial charge on any atom is -0.293 e. The van der Waals surface area contributed by atoms with Crippen molar-refractivity contribution in [1.29, 1.82) is 0 Å². The molecule has 1 aromatic rings. The molecule has 0 aliphatic heterocycles. The minimum atomic E-state index is -3.27. The molecule has 0 saturated heterocycles. The van der Waals surface area contributed by atoms with E-state index in [1.807, 2.05) is 0 Å². The number of halogens is 1. The molecule has 0 spiro atoms. The third-order valence-electron chi connectivity index (χ3n) is 2.03. The van der Waals surface area contributed by atoms with E-state index in [2.05, 4.69) is 15.9 Å². The number of hydrogen-bond donors (Lipinski definition) is 0. The van der Waals surface area contributed by atoms with Gasteiger partial charge in [-0.05, 0) is 18.6 Å². The van der Waals surface area contributed by atoms with Gasteiger partial charge in [-0.2, -0.15) is 0 Å². The number of benzene rings is 1. The predicted octanol–water partition coefficient (Wildman–Crippen LogP) is 1.98. The van der Waals surface area contributed by atoms with Crippen molar-refractivity contribution in [3.8, 4) is 0 Å². The van der Waals surface area contributed by atoms with Crippen molar-refractivity contribution in [1.82, 2.24) is 0 Å². The Bertz CT molecular complexity index is 491. The molecule has 1 aromatic carbocycles. The molecule has 1 rings (SSSR count). The number of hydrogen-bond acceptors (Lipinski definition) is 3. The Morgan fingerprint density at radius 3 is 2.47 bits per heavy atom. The first kappa shape index (κ1) is 12.4. The van der Waals surface area contributed by atoms with Crippen LogP contribution in [-0.4, -0.2) is 25.8 Å². The van der Waals surface area contributed by atoms with Gasteiger partial charge in [0.2, 0.25) is 0 Å². The molecule has 0 aromatic heterocycles. The summed E-state index contributed by atoms with van der Waals surface area (Å²) in [6.07, 6.45) is 1.14. The van der Waals surface area contributed by atoms with Crippen molar-refractivity contribution in [2.45, 2.75) is 11.8 Å². The summed E-state index contributed by atoms with van der Waals surface area (Å²) >= 11 is 3.05. The van der Waals surface area contributed by atoms with E-state index in [1.165, 1.54) is 6.07 Å². The molecule has 0 fully saturated rings. The highest BCUT2D eigenvalue weighted by Crippen LogP contribution is 2.17. The van der Waals surface area contributed by atoms with Gasteiger partial charge in [0.1, 0.15) is 0 Å². The van der Waals surface area contributed by atoms with E-state index in [9.17, 15) is 13.2 Å². The van der Waals surface area contributed by atoms with Gasteiger partial charge in [0.25, 0.3) is 0 Å². The number of Topliss-reactive ketones (excluding diaryl/α,β-unsaturated/α-hetero) is 1. The Morgan fingerprint density at radius 2 is 2.00 bits per heavy atom.